The molecule has 0 N–H and O–H groups in total. The van der Waals surface area contributed by atoms with E-state index in [0.717, 1.165) is 12.1 Å². The molecule has 1 aliphatic rings. The van der Waals surface area contributed by atoms with Crippen LogP contribution in [0.15, 0.2) is 38.5 Å². The number of allylic oxidation sites excluding steroid dienone is 2. The van der Waals surface area contributed by atoms with Crippen LogP contribution in [0.25, 0.3) is 0 Å². The van der Waals surface area contributed by atoms with Crippen LogP contribution < -0.4 is 0 Å². The summed E-state index contributed by atoms with van der Waals surface area (Å²) >= 11 is -0.450. The molecule has 1 aliphatic carbocycles. The summed E-state index contributed by atoms with van der Waals surface area (Å²) in [6, 6.07) is 8.32. The van der Waals surface area contributed by atoms with Crippen LogP contribution in [0, 0.1) is 6.92 Å². The fourth-order valence-electron chi connectivity index (χ4n) is 1.91. The summed E-state index contributed by atoms with van der Waals surface area (Å²) in [7, 11) is 6.09. The van der Waals surface area contributed by atoms with Crippen LogP contribution in [0.3, 0.4) is 0 Å². The van der Waals surface area contributed by atoms with Crippen molar-refractivity contribution in [1.82, 2.24) is 0 Å². The Kier molecular flexibility index (Phi) is 5.10. The third kappa shape index (κ3) is 3.85. The van der Waals surface area contributed by atoms with Crippen LogP contribution in [0.1, 0.15) is 31.2 Å². The molecule has 2 rings (SSSR count). The second-order valence-corrected chi connectivity index (χ2v) is 7.21. The van der Waals surface area contributed by atoms with E-state index < -0.39 is 19.8 Å². The number of nitrogens with zero attached hydrogens (tertiary/aromatic N) is 1. The van der Waals surface area contributed by atoms with E-state index in [1.165, 1.54) is 34.0 Å². The summed E-state index contributed by atoms with van der Waals surface area (Å²) in [4.78, 5) is 4.55. The van der Waals surface area contributed by atoms with E-state index in [1.54, 1.807) is 0 Å². The first kappa shape index (κ1) is 13.1. The third-order valence-corrected chi connectivity index (χ3v) is 6.07. The fourth-order valence-corrected chi connectivity index (χ4v) is 4.45. The predicted octanol–water partition coefficient (Wildman–Crippen LogP) is 4.38. The van der Waals surface area contributed by atoms with Crippen molar-refractivity contribution in [1.29, 1.82) is 0 Å². The topological polar surface area (TPSA) is 12.4 Å². The summed E-state index contributed by atoms with van der Waals surface area (Å²) in [5.74, 6) is 0. The minimum atomic E-state index is -0.450. The molecule has 0 saturated heterocycles. The van der Waals surface area contributed by atoms with Crippen LogP contribution in [0.5, 0.6) is 0 Å². The second kappa shape index (κ2) is 6.59. The number of hydrogen-bond donors (Lipinski definition) is 0. The normalized spacial score (nSPS) is 16.8. The average molecular weight is 361 g/mol. The van der Waals surface area contributed by atoms with E-state index in [4.69, 9.17) is 8.96 Å². The zero-order chi connectivity index (χ0) is 12.1. The Bertz CT molecular complexity index is 434. The first-order valence-electron chi connectivity index (χ1n) is 5.91. The summed E-state index contributed by atoms with van der Waals surface area (Å²) in [6.45, 7) is 2.09. The predicted molar refractivity (Wildman–Crippen MR) is 76.4 cm³/mol. The standard InChI is InChI=1S/C14H16ClNTe/c1-11-6-8-13(9-7-11)16-10-12-4-2-3-5-14(12)17-15/h6-10H,2-5H2,1H3. The molecule has 1 nitrogen and oxygen atoms in total. The number of aryl methyl sites for hydroxylation is 1. The van der Waals surface area contributed by atoms with Gasteiger partial charge in [0.2, 0.25) is 0 Å². The Hall–Kier alpha value is -0.290. The van der Waals surface area contributed by atoms with E-state index in [1.807, 2.05) is 6.21 Å². The third-order valence-electron chi connectivity index (χ3n) is 2.95. The van der Waals surface area contributed by atoms with Gasteiger partial charge in [-0.05, 0) is 0 Å². The average Bonchev–Trinajstić information content (AvgIpc) is 2.38. The molecule has 0 aliphatic heterocycles. The number of rotatable bonds is 3. The van der Waals surface area contributed by atoms with Crippen molar-refractivity contribution in [3.8, 4) is 0 Å². The van der Waals surface area contributed by atoms with Crippen molar-refractivity contribution in [2.75, 3.05) is 0 Å². The van der Waals surface area contributed by atoms with E-state index >= 15 is 0 Å². The van der Waals surface area contributed by atoms with Crippen LogP contribution in [0.2, 0.25) is 0 Å². The van der Waals surface area contributed by atoms with Gasteiger partial charge in [-0.15, -0.1) is 0 Å². The molecule has 0 bridgehead atoms. The Morgan fingerprint density at radius 1 is 1.18 bits per heavy atom. The van der Waals surface area contributed by atoms with Crippen molar-refractivity contribution in [2.45, 2.75) is 32.6 Å². The van der Waals surface area contributed by atoms with Gasteiger partial charge in [0.05, 0.1) is 0 Å². The number of benzene rings is 1. The summed E-state index contributed by atoms with van der Waals surface area (Å²) < 4.78 is 1.50. The molecule has 17 heavy (non-hydrogen) atoms. The monoisotopic (exact) mass is 363 g/mol. The van der Waals surface area contributed by atoms with E-state index in [0.29, 0.717) is 0 Å². The zero-order valence-electron chi connectivity index (χ0n) is 9.95. The molecule has 0 fully saturated rings. The SMILES string of the molecule is Cc1ccc(N=CC2=C([Te]Cl)CCCC2)cc1. The van der Waals surface area contributed by atoms with Gasteiger partial charge < -0.3 is 0 Å². The summed E-state index contributed by atoms with van der Waals surface area (Å²) in [5.41, 5.74) is 3.70. The first-order valence-corrected chi connectivity index (χ1v) is 10.0. The quantitative estimate of drug-likeness (QED) is 0.560. The molecule has 0 radical (unpaired) electrons. The van der Waals surface area contributed by atoms with Gasteiger partial charge in [0, 0.05) is 0 Å². The second-order valence-electron chi connectivity index (χ2n) is 4.33. The molecule has 3 heteroatoms. The van der Waals surface area contributed by atoms with E-state index in [9.17, 15) is 0 Å². The maximum absolute atomic E-state index is 6.09. The van der Waals surface area contributed by atoms with Crippen molar-refractivity contribution in [3.63, 3.8) is 0 Å². The zero-order valence-corrected chi connectivity index (χ0v) is 13.0. The fraction of sp³-hybridized carbons (Fsp3) is 0.357. The molecule has 0 heterocycles. The van der Waals surface area contributed by atoms with Crippen molar-refractivity contribution < 1.29 is 0 Å². The van der Waals surface area contributed by atoms with Gasteiger partial charge in [0.1, 0.15) is 0 Å². The molecule has 0 amide bonds. The molecule has 0 aromatic heterocycles. The van der Waals surface area contributed by atoms with E-state index in [-0.39, 0.29) is 0 Å². The summed E-state index contributed by atoms with van der Waals surface area (Å²) in [5, 5.41) is 0. The van der Waals surface area contributed by atoms with Gasteiger partial charge in [-0.1, -0.05) is 0 Å². The van der Waals surface area contributed by atoms with Crippen LogP contribution in [0.4, 0.5) is 5.69 Å². The van der Waals surface area contributed by atoms with Crippen LogP contribution >= 0.6 is 8.96 Å². The van der Waals surface area contributed by atoms with Gasteiger partial charge >= 0.3 is 117 Å². The van der Waals surface area contributed by atoms with Crippen molar-refractivity contribution in [2.24, 2.45) is 4.99 Å². The van der Waals surface area contributed by atoms with Crippen molar-refractivity contribution in [3.05, 3.63) is 39.0 Å². The van der Waals surface area contributed by atoms with Gasteiger partial charge in [0.15, 0.2) is 0 Å². The number of halogens is 1. The molecule has 0 unspecified atom stereocenters. The van der Waals surface area contributed by atoms with Crippen molar-refractivity contribution >= 4 is 40.7 Å². The maximum atomic E-state index is 6.09. The molecular formula is C14H16ClNTe. The molecule has 0 saturated carbocycles. The molecule has 0 spiro atoms. The summed E-state index contributed by atoms with van der Waals surface area (Å²) in [6.07, 6.45) is 6.97. The Morgan fingerprint density at radius 2 is 1.88 bits per heavy atom. The Balaban J connectivity index is 2.14. The number of hydrogen-bond acceptors (Lipinski definition) is 1. The molecule has 0 atom stereocenters. The van der Waals surface area contributed by atoms with Gasteiger partial charge in [-0.25, -0.2) is 0 Å². The molecule has 1 aromatic rings. The molecule has 90 valence electrons. The van der Waals surface area contributed by atoms with Crippen LogP contribution in [-0.2, 0) is 0 Å². The molecule has 1 aromatic carbocycles. The first-order chi connectivity index (χ1) is 8.29. The van der Waals surface area contributed by atoms with Gasteiger partial charge in [-0.2, -0.15) is 0 Å². The van der Waals surface area contributed by atoms with E-state index in [2.05, 4.69) is 36.2 Å². The Morgan fingerprint density at radius 3 is 2.59 bits per heavy atom. The number of aliphatic imine (C=N–C) groups is 1. The van der Waals surface area contributed by atoms with Gasteiger partial charge in [-0.3, -0.25) is 0 Å². The minimum absolute atomic E-state index is 0.450. The van der Waals surface area contributed by atoms with Crippen LogP contribution in [-0.4, -0.2) is 26.0 Å². The van der Waals surface area contributed by atoms with Gasteiger partial charge in [0.25, 0.3) is 0 Å². The molecular weight excluding hydrogens is 345 g/mol. The Labute approximate surface area is 117 Å².